The molecule has 4 rings (SSSR count). The van der Waals surface area contributed by atoms with Gasteiger partial charge < -0.3 is 9.64 Å². The van der Waals surface area contributed by atoms with Gasteiger partial charge in [-0.25, -0.2) is 8.42 Å². The number of sulfone groups is 1. The second kappa shape index (κ2) is 8.45. The summed E-state index contributed by atoms with van der Waals surface area (Å²) in [5, 5.41) is 7.89. The van der Waals surface area contributed by atoms with Gasteiger partial charge in [-0.2, -0.15) is 5.10 Å². The fourth-order valence-electron chi connectivity index (χ4n) is 3.61. The number of rotatable bonds is 6. The van der Waals surface area contributed by atoms with Crippen LogP contribution in [0, 0.1) is 0 Å². The lowest BCUT2D eigenvalue weighted by atomic mass is 10.2. The Morgan fingerprint density at radius 2 is 1.87 bits per heavy atom. The summed E-state index contributed by atoms with van der Waals surface area (Å²) in [7, 11) is -1.89. The third-order valence-corrected chi connectivity index (χ3v) is 7.10. The van der Waals surface area contributed by atoms with Crippen molar-refractivity contribution in [2.45, 2.75) is 4.90 Å². The summed E-state index contributed by atoms with van der Waals surface area (Å²) in [6, 6.07) is 14.1. The molecule has 1 aliphatic heterocycles. The first-order valence-electron chi connectivity index (χ1n) is 9.79. The van der Waals surface area contributed by atoms with Crippen molar-refractivity contribution in [1.82, 2.24) is 20.0 Å². The van der Waals surface area contributed by atoms with E-state index in [1.165, 1.54) is 7.11 Å². The van der Waals surface area contributed by atoms with Crippen molar-refractivity contribution in [3.63, 3.8) is 0 Å². The Kier molecular flexibility index (Phi) is 5.74. The van der Waals surface area contributed by atoms with Crippen molar-refractivity contribution in [2.75, 3.05) is 45.6 Å². The van der Waals surface area contributed by atoms with Crippen molar-refractivity contribution < 1.29 is 17.9 Å². The SMILES string of the molecule is COc1cccc(S(=O)(=O)CCN2CCN(C(=O)c3n[nH]c4ccccc34)CC2)c1. The maximum atomic E-state index is 12.9. The predicted molar refractivity (Wildman–Crippen MR) is 113 cm³/mol. The van der Waals surface area contributed by atoms with E-state index in [4.69, 9.17) is 4.74 Å². The van der Waals surface area contributed by atoms with Crippen LogP contribution < -0.4 is 4.74 Å². The zero-order valence-corrected chi connectivity index (χ0v) is 17.6. The Balaban J connectivity index is 1.34. The average molecular weight is 429 g/mol. The predicted octanol–water partition coefficient (Wildman–Crippen LogP) is 1.80. The van der Waals surface area contributed by atoms with Gasteiger partial charge >= 0.3 is 0 Å². The summed E-state index contributed by atoms with van der Waals surface area (Å²) < 4.78 is 30.4. The third-order valence-electron chi connectivity index (χ3n) is 5.41. The van der Waals surface area contributed by atoms with Crippen LogP contribution in [0.1, 0.15) is 10.5 Å². The van der Waals surface area contributed by atoms with Crippen molar-refractivity contribution in [3.05, 3.63) is 54.2 Å². The number of ether oxygens (including phenoxy) is 1. The second-order valence-corrected chi connectivity index (χ2v) is 9.36. The number of nitrogens with one attached hydrogen (secondary N) is 1. The molecular weight excluding hydrogens is 404 g/mol. The quantitative estimate of drug-likeness (QED) is 0.643. The molecule has 1 N–H and O–H groups in total. The molecule has 30 heavy (non-hydrogen) atoms. The van der Waals surface area contributed by atoms with Crippen molar-refractivity contribution in [3.8, 4) is 5.75 Å². The Labute approximate surface area is 175 Å². The van der Waals surface area contributed by atoms with Gasteiger partial charge in [-0.15, -0.1) is 0 Å². The van der Waals surface area contributed by atoms with Crippen molar-refractivity contribution >= 4 is 26.6 Å². The Morgan fingerprint density at radius 3 is 2.63 bits per heavy atom. The number of aromatic nitrogens is 2. The molecule has 0 saturated carbocycles. The molecule has 1 fully saturated rings. The smallest absolute Gasteiger partial charge is 0.275 e. The van der Waals surface area contributed by atoms with Crippen LogP contribution in [0.4, 0.5) is 0 Å². The number of carbonyl (C=O) groups is 1. The Morgan fingerprint density at radius 1 is 1.10 bits per heavy atom. The first-order chi connectivity index (χ1) is 14.5. The van der Waals surface area contributed by atoms with E-state index in [2.05, 4.69) is 15.1 Å². The molecule has 8 nitrogen and oxygen atoms in total. The lowest BCUT2D eigenvalue weighted by Gasteiger charge is -2.34. The van der Waals surface area contributed by atoms with Gasteiger partial charge in [0, 0.05) is 38.1 Å². The molecule has 0 unspecified atom stereocenters. The zero-order chi connectivity index (χ0) is 21.1. The van der Waals surface area contributed by atoms with Crippen LogP contribution >= 0.6 is 0 Å². The number of aromatic amines is 1. The molecule has 0 radical (unpaired) electrons. The monoisotopic (exact) mass is 428 g/mol. The number of piperazine rings is 1. The van der Waals surface area contributed by atoms with Crippen LogP contribution in [-0.2, 0) is 9.84 Å². The largest absolute Gasteiger partial charge is 0.497 e. The topological polar surface area (TPSA) is 95.6 Å². The van der Waals surface area contributed by atoms with E-state index in [0.717, 1.165) is 10.9 Å². The minimum absolute atomic E-state index is 0.0259. The molecule has 1 saturated heterocycles. The molecular formula is C21H24N4O4S. The van der Waals surface area contributed by atoms with E-state index in [1.807, 2.05) is 24.3 Å². The highest BCUT2D eigenvalue weighted by Gasteiger charge is 2.26. The van der Waals surface area contributed by atoms with Gasteiger partial charge in [0.1, 0.15) is 5.75 Å². The fourth-order valence-corrected chi connectivity index (χ4v) is 4.93. The molecule has 0 spiro atoms. The standard InChI is InChI=1S/C21H24N4O4S/c1-29-16-5-4-6-17(15-16)30(27,28)14-13-24-9-11-25(12-10-24)21(26)20-18-7-2-3-8-19(18)22-23-20/h2-8,15H,9-14H2,1H3,(H,22,23). The second-order valence-electron chi connectivity index (χ2n) is 7.25. The minimum Gasteiger partial charge on any atom is -0.497 e. The van der Waals surface area contributed by atoms with Crippen LogP contribution in [0.2, 0.25) is 0 Å². The number of hydrogen-bond acceptors (Lipinski definition) is 6. The summed E-state index contributed by atoms with van der Waals surface area (Å²) in [6.07, 6.45) is 0. The summed E-state index contributed by atoms with van der Waals surface area (Å²) in [5.41, 5.74) is 1.27. The van der Waals surface area contributed by atoms with Crippen molar-refractivity contribution in [1.29, 1.82) is 0 Å². The van der Waals surface area contributed by atoms with E-state index in [0.29, 0.717) is 44.2 Å². The lowest BCUT2D eigenvalue weighted by Crippen LogP contribution is -2.49. The normalized spacial score (nSPS) is 15.4. The maximum Gasteiger partial charge on any atom is 0.275 e. The van der Waals surface area contributed by atoms with Gasteiger partial charge in [0.25, 0.3) is 5.91 Å². The first-order valence-corrected chi connectivity index (χ1v) is 11.4. The highest BCUT2D eigenvalue weighted by molar-refractivity contribution is 7.91. The lowest BCUT2D eigenvalue weighted by molar-refractivity contribution is 0.0640. The molecule has 1 aliphatic rings. The van der Waals surface area contributed by atoms with Gasteiger partial charge in [-0.1, -0.05) is 24.3 Å². The summed E-state index contributed by atoms with van der Waals surface area (Å²) in [4.78, 5) is 17.0. The molecule has 1 amide bonds. The van der Waals surface area contributed by atoms with Crippen molar-refractivity contribution in [2.24, 2.45) is 0 Å². The van der Waals surface area contributed by atoms with E-state index in [9.17, 15) is 13.2 Å². The number of amides is 1. The summed E-state index contributed by atoms with van der Waals surface area (Å²) in [5.74, 6) is 0.447. The third kappa shape index (κ3) is 4.17. The van der Waals surface area contributed by atoms with E-state index >= 15 is 0 Å². The average Bonchev–Trinajstić information content (AvgIpc) is 3.22. The van der Waals surface area contributed by atoms with Gasteiger partial charge in [0.05, 0.1) is 23.3 Å². The van der Waals surface area contributed by atoms with Crippen LogP contribution in [0.15, 0.2) is 53.4 Å². The molecule has 158 valence electrons. The highest BCUT2D eigenvalue weighted by atomic mass is 32.2. The van der Waals surface area contributed by atoms with E-state index < -0.39 is 9.84 Å². The van der Waals surface area contributed by atoms with Crippen LogP contribution in [-0.4, -0.2) is 79.9 Å². The number of fused-ring (bicyclic) bond motifs is 1. The molecule has 2 aromatic carbocycles. The summed E-state index contributed by atoms with van der Waals surface area (Å²) in [6.45, 7) is 2.76. The Hall–Kier alpha value is -2.91. The van der Waals surface area contributed by atoms with Crippen LogP contribution in [0.3, 0.4) is 0 Å². The number of methoxy groups -OCH3 is 1. The van der Waals surface area contributed by atoms with Gasteiger partial charge in [-0.05, 0) is 24.3 Å². The van der Waals surface area contributed by atoms with E-state index in [1.54, 1.807) is 29.2 Å². The molecule has 0 aliphatic carbocycles. The fraction of sp³-hybridized carbons (Fsp3) is 0.333. The number of para-hydroxylation sites is 1. The molecule has 0 atom stereocenters. The van der Waals surface area contributed by atoms with Gasteiger partial charge in [0.15, 0.2) is 15.5 Å². The number of carbonyl (C=O) groups excluding carboxylic acids is 1. The van der Waals surface area contributed by atoms with Gasteiger partial charge in [0.2, 0.25) is 0 Å². The zero-order valence-electron chi connectivity index (χ0n) is 16.7. The van der Waals surface area contributed by atoms with Gasteiger partial charge in [-0.3, -0.25) is 14.8 Å². The Bertz CT molecular complexity index is 1150. The molecule has 2 heterocycles. The molecule has 0 bridgehead atoms. The minimum atomic E-state index is -3.40. The molecule has 3 aromatic rings. The number of hydrogen-bond donors (Lipinski definition) is 1. The first kappa shape index (κ1) is 20.4. The molecule has 9 heteroatoms. The number of benzene rings is 2. The maximum absolute atomic E-state index is 12.9. The van der Waals surface area contributed by atoms with E-state index in [-0.39, 0.29) is 16.6 Å². The summed E-state index contributed by atoms with van der Waals surface area (Å²) >= 11 is 0. The highest BCUT2D eigenvalue weighted by Crippen LogP contribution is 2.20. The number of nitrogens with zero attached hydrogens (tertiary/aromatic N) is 3. The molecule has 1 aromatic heterocycles. The number of H-pyrrole nitrogens is 1. The van der Waals surface area contributed by atoms with Crippen LogP contribution in [0.5, 0.6) is 5.75 Å². The van der Waals surface area contributed by atoms with Crippen LogP contribution in [0.25, 0.3) is 10.9 Å².